The van der Waals surface area contributed by atoms with Gasteiger partial charge in [-0.15, -0.1) is 0 Å². The first-order valence-corrected chi connectivity index (χ1v) is 8.19. The Kier molecular flexibility index (Phi) is 4.25. The molecule has 1 aromatic heterocycles. The van der Waals surface area contributed by atoms with Crippen molar-refractivity contribution in [2.45, 2.75) is 46.1 Å². The second kappa shape index (κ2) is 6.13. The number of aromatic nitrogens is 1. The molecule has 1 aromatic rings. The van der Waals surface area contributed by atoms with Crippen LogP contribution in [0.25, 0.3) is 0 Å². The molecule has 2 aliphatic rings. The van der Waals surface area contributed by atoms with E-state index in [-0.39, 0.29) is 0 Å². The monoisotopic (exact) mass is 273 g/mol. The van der Waals surface area contributed by atoms with Gasteiger partial charge >= 0.3 is 0 Å². The molecule has 1 saturated carbocycles. The average Bonchev–Trinajstić information content (AvgIpc) is 3.01. The summed E-state index contributed by atoms with van der Waals surface area (Å²) in [6, 6.07) is 2.28. The third kappa shape index (κ3) is 2.83. The maximum atomic E-state index is 4.50. The van der Waals surface area contributed by atoms with Crippen molar-refractivity contribution in [3.05, 3.63) is 23.5 Å². The quantitative estimate of drug-likeness (QED) is 0.835. The Hall–Kier alpha value is -1.09. The van der Waals surface area contributed by atoms with E-state index in [9.17, 15) is 0 Å². The van der Waals surface area contributed by atoms with Gasteiger partial charge in [-0.3, -0.25) is 4.98 Å². The molecule has 20 heavy (non-hydrogen) atoms. The molecule has 3 nitrogen and oxygen atoms in total. The van der Waals surface area contributed by atoms with Gasteiger partial charge in [-0.1, -0.05) is 13.3 Å². The highest BCUT2D eigenvalue weighted by Gasteiger charge is 2.36. The zero-order valence-electron chi connectivity index (χ0n) is 12.9. The fourth-order valence-corrected chi connectivity index (χ4v) is 3.84. The van der Waals surface area contributed by atoms with Crippen molar-refractivity contribution < 1.29 is 0 Å². The Morgan fingerprint density at radius 3 is 2.75 bits per heavy atom. The summed E-state index contributed by atoms with van der Waals surface area (Å²) < 4.78 is 0. The Morgan fingerprint density at radius 1 is 1.30 bits per heavy atom. The van der Waals surface area contributed by atoms with Crippen LogP contribution in [0.3, 0.4) is 0 Å². The van der Waals surface area contributed by atoms with Gasteiger partial charge in [0, 0.05) is 42.8 Å². The van der Waals surface area contributed by atoms with Crippen LogP contribution in [-0.4, -0.2) is 24.6 Å². The molecule has 0 aromatic carbocycles. The van der Waals surface area contributed by atoms with E-state index >= 15 is 0 Å². The summed E-state index contributed by atoms with van der Waals surface area (Å²) in [6.07, 6.45) is 7.58. The van der Waals surface area contributed by atoms with Crippen molar-refractivity contribution in [2.24, 2.45) is 11.8 Å². The van der Waals surface area contributed by atoms with E-state index in [1.807, 2.05) is 0 Å². The number of anilines is 1. The largest absolute Gasteiger partial charge is 0.371 e. The maximum absolute atomic E-state index is 4.50. The van der Waals surface area contributed by atoms with E-state index in [1.165, 1.54) is 50.0 Å². The molecule has 1 aliphatic heterocycles. The molecule has 110 valence electrons. The number of fused-ring (bicyclic) bond motifs is 1. The van der Waals surface area contributed by atoms with Crippen LogP contribution < -0.4 is 10.2 Å². The summed E-state index contributed by atoms with van der Waals surface area (Å²) in [7, 11) is 0. The summed E-state index contributed by atoms with van der Waals surface area (Å²) >= 11 is 0. The van der Waals surface area contributed by atoms with Gasteiger partial charge in [0.1, 0.15) is 0 Å². The molecule has 1 saturated heterocycles. The Balaban J connectivity index is 1.75. The molecule has 2 fully saturated rings. The lowest BCUT2D eigenvalue weighted by Crippen LogP contribution is -2.24. The number of hydrogen-bond acceptors (Lipinski definition) is 3. The topological polar surface area (TPSA) is 28.2 Å². The molecule has 2 atom stereocenters. The van der Waals surface area contributed by atoms with Crippen molar-refractivity contribution >= 4 is 5.69 Å². The van der Waals surface area contributed by atoms with E-state index in [0.717, 1.165) is 30.6 Å². The van der Waals surface area contributed by atoms with Crippen LogP contribution in [0.4, 0.5) is 5.69 Å². The highest BCUT2D eigenvalue weighted by atomic mass is 15.2. The minimum absolute atomic E-state index is 0.944. The number of nitrogens with zero attached hydrogens (tertiary/aromatic N) is 2. The summed E-state index contributed by atoms with van der Waals surface area (Å²) in [5.41, 5.74) is 3.93. The number of hydrogen-bond donors (Lipinski definition) is 1. The molecule has 2 unspecified atom stereocenters. The van der Waals surface area contributed by atoms with Gasteiger partial charge in [-0.05, 0) is 50.6 Å². The Labute approximate surface area is 122 Å². The number of rotatable bonds is 5. The zero-order chi connectivity index (χ0) is 13.9. The minimum atomic E-state index is 0.944. The van der Waals surface area contributed by atoms with Crippen LogP contribution in [0, 0.1) is 18.8 Å². The smallest absolute Gasteiger partial charge is 0.0445 e. The lowest BCUT2D eigenvalue weighted by molar-refractivity contribution is 0.494. The first-order valence-electron chi connectivity index (χ1n) is 8.19. The van der Waals surface area contributed by atoms with Gasteiger partial charge < -0.3 is 10.2 Å². The molecule has 3 heteroatoms. The molecule has 1 aliphatic carbocycles. The van der Waals surface area contributed by atoms with E-state index in [1.54, 1.807) is 0 Å². The maximum Gasteiger partial charge on any atom is 0.0445 e. The van der Waals surface area contributed by atoms with Crippen LogP contribution in [0.2, 0.25) is 0 Å². The van der Waals surface area contributed by atoms with Crippen molar-refractivity contribution in [1.29, 1.82) is 0 Å². The van der Waals surface area contributed by atoms with Crippen LogP contribution >= 0.6 is 0 Å². The predicted molar refractivity (Wildman–Crippen MR) is 84.0 cm³/mol. The van der Waals surface area contributed by atoms with Gasteiger partial charge in [0.25, 0.3) is 0 Å². The summed E-state index contributed by atoms with van der Waals surface area (Å²) in [6.45, 7) is 8.86. The normalized spacial score (nSPS) is 25.2. The summed E-state index contributed by atoms with van der Waals surface area (Å²) in [4.78, 5) is 7.11. The summed E-state index contributed by atoms with van der Waals surface area (Å²) in [5.74, 6) is 1.89. The lowest BCUT2D eigenvalue weighted by atomic mass is 10.0. The first-order chi connectivity index (χ1) is 9.78. The van der Waals surface area contributed by atoms with Crippen LogP contribution in [0.15, 0.2) is 12.3 Å². The van der Waals surface area contributed by atoms with Crippen molar-refractivity contribution in [3.63, 3.8) is 0 Å². The van der Waals surface area contributed by atoms with E-state index in [2.05, 4.69) is 41.3 Å². The third-order valence-electron chi connectivity index (χ3n) is 4.91. The fourth-order valence-electron chi connectivity index (χ4n) is 3.84. The molecule has 3 rings (SSSR count). The van der Waals surface area contributed by atoms with Crippen LogP contribution in [0.1, 0.15) is 43.9 Å². The van der Waals surface area contributed by atoms with Gasteiger partial charge in [0.15, 0.2) is 0 Å². The van der Waals surface area contributed by atoms with Gasteiger partial charge in [0.2, 0.25) is 0 Å². The average molecular weight is 273 g/mol. The summed E-state index contributed by atoms with van der Waals surface area (Å²) in [5, 5.41) is 3.52. The van der Waals surface area contributed by atoms with Gasteiger partial charge in [-0.2, -0.15) is 0 Å². The molecule has 0 amide bonds. The zero-order valence-corrected chi connectivity index (χ0v) is 12.9. The number of pyridine rings is 1. The van der Waals surface area contributed by atoms with Crippen molar-refractivity contribution in [3.8, 4) is 0 Å². The highest BCUT2D eigenvalue weighted by molar-refractivity contribution is 5.54. The van der Waals surface area contributed by atoms with E-state index in [0.29, 0.717) is 0 Å². The molecule has 2 heterocycles. The van der Waals surface area contributed by atoms with Gasteiger partial charge in [-0.25, -0.2) is 0 Å². The molecular weight excluding hydrogens is 246 g/mol. The highest BCUT2D eigenvalue weighted by Crippen LogP contribution is 2.40. The SMILES string of the molecule is CCCNCc1cnc(C)cc1N1CC2CCCC2C1. The Morgan fingerprint density at radius 2 is 2.05 bits per heavy atom. The number of aryl methyl sites for hydroxylation is 1. The van der Waals surface area contributed by atoms with Crippen LogP contribution in [0.5, 0.6) is 0 Å². The van der Waals surface area contributed by atoms with Crippen LogP contribution in [-0.2, 0) is 6.54 Å². The van der Waals surface area contributed by atoms with E-state index < -0.39 is 0 Å². The second-order valence-electron chi connectivity index (χ2n) is 6.49. The molecule has 0 radical (unpaired) electrons. The first kappa shape index (κ1) is 13.9. The second-order valence-corrected chi connectivity index (χ2v) is 6.49. The predicted octanol–water partition coefficient (Wildman–Crippen LogP) is 3.13. The molecule has 0 bridgehead atoms. The van der Waals surface area contributed by atoms with Gasteiger partial charge in [0.05, 0.1) is 0 Å². The fraction of sp³-hybridized carbons (Fsp3) is 0.706. The van der Waals surface area contributed by atoms with Crippen molar-refractivity contribution in [2.75, 3.05) is 24.5 Å². The Bertz CT molecular complexity index is 446. The standard InChI is InChI=1S/C17H27N3/c1-3-7-18-9-16-10-19-13(2)8-17(16)20-11-14-5-4-6-15(14)12-20/h8,10,14-15,18H,3-7,9,11-12H2,1-2H3. The van der Waals surface area contributed by atoms with Crippen molar-refractivity contribution in [1.82, 2.24) is 10.3 Å². The lowest BCUT2D eigenvalue weighted by Gasteiger charge is -2.23. The molecule has 1 N–H and O–H groups in total. The minimum Gasteiger partial charge on any atom is -0.371 e. The van der Waals surface area contributed by atoms with E-state index in [4.69, 9.17) is 0 Å². The molecular formula is C17H27N3. The number of nitrogens with one attached hydrogen (secondary N) is 1. The molecule has 0 spiro atoms. The third-order valence-corrected chi connectivity index (χ3v) is 4.91.